The zero-order chi connectivity index (χ0) is 16.3. The van der Waals surface area contributed by atoms with E-state index in [1.165, 1.54) is 37.0 Å². The Morgan fingerprint density at radius 2 is 1.87 bits per heavy atom. The first-order valence-corrected chi connectivity index (χ1v) is 9.75. The van der Waals surface area contributed by atoms with E-state index in [0.717, 1.165) is 12.2 Å². The minimum Gasteiger partial charge on any atom is -0.309 e. The molecule has 1 fully saturated rings. The van der Waals surface area contributed by atoms with Crippen LogP contribution < -0.4 is 14.9 Å². The normalized spacial score (nSPS) is 23.0. The lowest BCUT2D eigenvalue weighted by atomic mass is 9.94. The molecule has 1 aliphatic heterocycles. The summed E-state index contributed by atoms with van der Waals surface area (Å²) in [5.41, 5.74) is 1.03. The van der Waals surface area contributed by atoms with Gasteiger partial charge in [-0.05, 0) is 44.7 Å². The van der Waals surface area contributed by atoms with Crippen LogP contribution in [-0.2, 0) is 10.0 Å². The fraction of sp³-hybridized carbons (Fsp3) is 0.562. The predicted octanol–water partition coefficient (Wildman–Crippen LogP) is 0.365. The summed E-state index contributed by atoms with van der Waals surface area (Å²) in [5, 5.41) is 3.13. The topological polar surface area (TPSA) is 75.0 Å². The highest BCUT2D eigenvalue weighted by Crippen LogP contribution is 2.15. The van der Waals surface area contributed by atoms with Crippen LogP contribution in [-0.4, -0.2) is 33.8 Å². The van der Waals surface area contributed by atoms with Crippen LogP contribution >= 0.6 is 0 Å². The second-order valence-corrected chi connectivity index (χ2v) is 8.11. The van der Waals surface area contributed by atoms with Crippen LogP contribution in [0.1, 0.15) is 37.7 Å². The van der Waals surface area contributed by atoms with Gasteiger partial charge in [0.1, 0.15) is 0 Å². The van der Waals surface area contributed by atoms with E-state index in [1.807, 2.05) is 6.92 Å². The summed E-state index contributed by atoms with van der Waals surface area (Å²) in [6, 6.07) is 7.45. The molecule has 0 amide bonds. The molecule has 6 nitrogen and oxygen atoms in total. The number of hydrogen-bond donors (Lipinski definition) is 3. The summed E-state index contributed by atoms with van der Waals surface area (Å²) >= 11 is 0. The molecule has 2 aliphatic rings. The fourth-order valence-corrected chi connectivity index (χ4v) is 4.25. The quantitative estimate of drug-likeness (QED) is 0.746. The molecule has 1 saturated carbocycles. The summed E-state index contributed by atoms with van der Waals surface area (Å²) < 4.78 is 27.3. The number of guanidine groups is 1. The number of nitrogens with zero attached hydrogens (tertiary/aromatic N) is 1. The van der Waals surface area contributed by atoms with E-state index >= 15 is 0 Å². The Kier molecular flexibility index (Phi) is 4.87. The molecule has 3 rings (SSSR count). The minimum absolute atomic E-state index is 0.259. The molecule has 0 radical (unpaired) electrons. The van der Waals surface area contributed by atoms with Gasteiger partial charge < -0.3 is 5.32 Å². The number of aliphatic imine (C=N–C) groups is 1. The first kappa shape index (κ1) is 16.3. The molecule has 126 valence electrons. The number of quaternary nitrogens is 1. The maximum absolute atomic E-state index is 12.4. The zero-order valence-electron chi connectivity index (χ0n) is 13.5. The van der Waals surface area contributed by atoms with Crippen molar-refractivity contribution in [2.45, 2.75) is 50.0 Å². The molecule has 3 N–H and O–H groups in total. The van der Waals surface area contributed by atoms with Gasteiger partial charge in [0.25, 0.3) is 10.0 Å². The highest BCUT2D eigenvalue weighted by atomic mass is 32.2. The third-order valence-corrected chi connectivity index (χ3v) is 6.02. The van der Waals surface area contributed by atoms with Crippen molar-refractivity contribution < 1.29 is 13.3 Å². The Bertz CT molecular complexity index is 664. The molecule has 0 aromatic heterocycles. The Morgan fingerprint density at radius 1 is 1.17 bits per heavy atom. The molecule has 1 aromatic carbocycles. The van der Waals surface area contributed by atoms with Crippen LogP contribution in [0.15, 0.2) is 34.2 Å². The number of benzene rings is 1. The Balaban J connectivity index is 1.62. The van der Waals surface area contributed by atoms with E-state index in [2.05, 4.69) is 15.0 Å². The monoisotopic (exact) mass is 337 g/mol. The molecule has 23 heavy (non-hydrogen) atoms. The summed E-state index contributed by atoms with van der Waals surface area (Å²) in [6.45, 7) is 3.28. The van der Waals surface area contributed by atoms with Crippen molar-refractivity contribution >= 4 is 16.0 Å². The highest BCUT2D eigenvalue weighted by molar-refractivity contribution is 7.90. The number of sulfonamides is 1. The number of nitrogens with one attached hydrogen (secondary N) is 3. The van der Waals surface area contributed by atoms with E-state index in [0.29, 0.717) is 18.7 Å². The van der Waals surface area contributed by atoms with Gasteiger partial charge in [0.05, 0.1) is 10.9 Å². The predicted molar refractivity (Wildman–Crippen MR) is 89.6 cm³/mol. The summed E-state index contributed by atoms with van der Waals surface area (Å²) in [5.74, 6) is 0.352. The molecule has 1 aromatic rings. The van der Waals surface area contributed by atoms with E-state index in [1.54, 1.807) is 24.3 Å². The molecule has 0 saturated heterocycles. The number of hydrogen-bond acceptors (Lipinski definition) is 4. The third kappa shape index (κ3) is 4.03. The lowest BCUT2D eigenvalue weighted by Crippen LogP contribution is -3.18. The minimum atomic E-state index is -3.57. The van der Waals surface area contributed by atoms with Crippen molar-refractivity contribution in [2.24, 2.45) is 4.99 Å². The molecular formula is C16H25N4O2S+. The van der Waals surface area contributed by atoms with E-state index in [-0.39, 0.29) is 4.90 Å². The van der Waals surface area contributed by atoms with Gasteiger partial charge in [0, 0.05) is 0 Å². The molecular weight excluding hydrogens is 312 g/mol. The van der Waals surface area contributed by atoms with Crippen molar-refractivity contribution in [3.8, 4) is 0 Å². The average molecular weight is 337 g/mol. The van der Waals surface area contributed by atoms with Crippen LogP contribution in [0, 0.1) is 6.92 Å². The van der Waals surface area contributed by atoms with Gasteiger partial charge >= 0.3 is 0 Å². The Labute approximate surface area is 138 Å². The summed E-state index contributed by atoms with van der Waals surface area (Å²) in [4.78, 5) is 6.06. The molecule has 0 bridgehead atoms. The first-order chi connectivity index (χ1) is 11.0. The van der Waals surface area contributed by atoms with Crippen molar-refractivity contribution in [1.29, 1.82) is 0 Å². The standard InChI is InChI=1S/C16H24N4O2S/c1-13-7-9-15(10-8-13)23(21,22)19-16-17-11-20(12-18-16)14-5-3-2-4-6-14/h7-10,14H,2-6,11-12H2,1H3,(H2,17,18,19)/p+1. The smallest absolute Gasteiger partial charge is 0.264 e. The fourth-order valence-electron chi connectivity index (χ4n) is 3.25. The van der Waals surface area contributed by atoms with Crippen LogP contribution in [0.4, 0.5) is 0 Å². The first-order valence-electron chi connectivity index (χ1n) is 8.27. The largest absolute Gasteiger partial charge is 0.309 e. The zero-order valence-corrected chi connectivity index (χ0v) is 14.3. The maximum atomic E-state index is 12.4. The third-order valence-electron chi connectivity index (χ3n) is 4.67. The summed E-state index contributed by atoms with van der Waals surface area (Å²) in [7, 11) is -3.57. The maximum Gasteiger partial charge on any atom is 0.264 e. The molecule has 1 heterocycles. The SMILES string of the molecule is Cc1ccc(S(=O)(=O)NC2=NC[NH+](C3CCCCC3)CN2)cc1. The second-order valence-electron chi connectivity index (χ2n) is 6.43. The van der Waals surface area contributed by atoms with Gasteiger partial charge in [-0.2, -0.15) is 4.99 Å². The van der Waals surface area contributed by atoms with Crippen molar-refractivity contribution in [2.75, 3.05) is 13.3 Å². The van der Waals surface area contributed by atoms with Crippen molar-refractivity contribution in [3.63, 3.8) is 0 Å². The Hall–Kier alpha value is -1.60. The lowest BCUT2D eigenvalue weighted by molar-refractivity contribution is -0.929. The van der Waals surface area contributed by atoms with Crippen LogP contribution in [0.5, 0.6) is 0 Å². The average Bonchev–Trinajstić information content (AvgIpc) is 2.56. The molecule has 1 atom stereocenters. The van der Waals surface area contributed by atoms with Crippen LogP contribution in [0.3, 0.4) is 0 Å². The summed E-state index contributed by atoms with van der Waals surface area (Å²) in [6.07, 6.45) is 6.42. The van der Waals surface area contributed by atoms with Gasteiger partial charge in [-0.1, -0.05) is 24.1 Å². The molecule has 0 spiro atoms. The highest BCUT2D eigenvalue weighted by Gasteiger charge is 2.27. The van der Waals surface area contributed by atoms with Gasteiger partial charge in [0.15, 0.2) is 13.3 Å². The van der Waals surface area contributed by atoms with E-state index in [9.17, 15) is 8.42 Å². The van der Waals surface area contributed by atoms with E-state index < -0.39 is 10.0 Å². The van der Waals surface area contributed by atoms with E-state index in [4.69, 9.17) is 0 Å². The molecule has 1 aliphatic carbocycles. The van der Waals surface area contributed by atoms with Crippen LogP contribution in [0.25, 0.3) is 0 Å². The van der Waals surface area contributed by atoms with Crippen molar-refractivity contribution in [3.05, 3.63) is 29.8 Å². The van der Waals surface area contributed by atoms with Gasteiger partial charge in [-0.25, -0.2) is 13.1 Å². The van der Waals surface area contributed by atoms with Crippen molar-refractivity contribution in [1.82, 2.24) is 10.0 Å². The molecule has 1 unspecified atom stereocenters. The van der Waals surface area contributed by atoms with Gasteiger partial charge in [-0.15, -0.1) is 0 Å². The number of rotatable bonds is 3. The Morgan fingerprint density at radius 3 is 2.48 bits per heavy atom. The van der Waals surface area contributed by atoms with Gasteiger partial charge in [-0.3, -0.25) is 4.90 Å². The second kappa shape index (κ2) is 6.88. The molecule has 7 heteroatoms. The van der Waals surface area contributed by atoms with Crippen LogP contribution in [0.2, 0.25) is 0 Å². The lowest BCUT2D eigenvalue weighted by Gasteiger charge is -2.33. The van der Waals surface area contributed by atoms with Gasteiger partial charge in [0.2, 0.25) is 5.96 Å². The number of aryl methyl sites for hydroxylation is 1.